The molecule has 132 valence electrons. The number of methoxy groups -OCH3 is 1. The molecule has 3 aromatic rings. The summed E-state index contributed by atoms with van der Waals surface area (Å²) in [5, 5.41) is 2.36. The van der Waals surface area contributed by atoms with Crippen LogP contribution >= 0.6 is 0 Å². The molecule has 2 heterocycles. The lowest BCUT2D eigenvalue weighted by atomic mass is 10.0. The average Bonchev–Trinajstić information content (AvgIpc) is 3.18. The monoisotopic (exact) mass is 346 g/mol. The summed E-state index contributed by atoms with van der Waals surface area (Å²) in [6.45, 7) is 1.55. The van der Waals surface area contributed by atoms with Crippen LogP contribution in [0, 0.1) is 0 Å². The Balaban J connectivity index is 1.42. The van der Waals surface area contributed by atoms with Gasteiger partial charge in [0.2, 0.25) is 5.91 Å². The van der Waals surface area contributed by atoms with Crippen molar-refractivity contribution < 1.29 is 9.53 Å². The van der Waals surface area contributed by atoms with Gasteiger partial charge in [-0.1, -0.05) is 36.4 Å². The van der Waals surface area contributed by atoms with Crippen LogP contribution in [-0.4, -0.2) is 36.0 Å². The molecule has 4 nitrogen and oxygen atoms in total. The van der Waals surface area contributed by atoms with Gasteiger partial charge >= 0.3 is 0 Å². The number of benzene rings is 2. The van der Waals surface area contributed by atoms with Crippen LogP contribution < -0.4 is 4.74 Å². The zero-order valence-corrected chi connectivity index (χ0v) is 14.9. The van der Waals surface area contributed by atoms with E-state index in [2.05, 4.69) is 23.2 Å². The number of ether oxygens (including phenoxy) is 1. The Morgan fingerprint density at radius 1 is 1.15 bits per heavy atom. The van der Waals surface area contributed by atoms with Crippen molar-refractivity contribution in [1.82, 2.24) is 9.88 Å². The van der Waals surface area contributed by atoms with Crippen LogP contribution in [0.3, 0.4) is 0 Å². The Bertz CT molecular complexity index is 921. The van der Waals surface area contributed by atoms with Gasteiger partial charge in [0.1, 0.15) is 5.75 Å². The molecule has 0 aliphatic carbocycles. The number of likely N-dealkylation sites (tertiary alicyclic amines) is 1. The van der Waals surface area contributed by atoms with E-state index in [1.54, 1.807) is 7.11 Å². The smallest absolute Gasteiger partial charge is 0.227 e. The van der Waals surface area contributed by atoms with Gasteiger partial charge in [-0.15, -0.1) is 0 Å². The molecule has 4 rings (SSSR count). The Morgan fingerprint density at radius 3 is 2.69 bits per heavy atom. The summed E-state index contributed by atoms with van der Waals surface area (Å²) in [6, 6.07) is 18.1. The minimum atomic E-state index is 0.179. The van der Waals surface area contributed by atoms with E-state index in [1.165, 1.54) is 5.39 Å². The summed E-state index contributed by atoms with van der Waals surface area (Å²) in [5.41, 5.74) is 2.10. The van der Waals surface area contributed by atoms with Gasteiger partial charge in [0.05, 0.1) is 13.5 Å². The van der Waals surface area contributed by atoms with Gasteiger partial charge in [-0.25, -0.2) is 0 Å². The van der Waals surface area contributed by atoms with E-state index >= 15 is 0 Å². The molecule has 0 saturated carbocycles. The number of carbonyl (C=O) groups excluding carboxylic acids is 1. The first kappa shape index (κ1) is 16.6. The fraction of sp³-hybridized carbons (Fsp3) is 0.273. The molecule has 1 saturated heterocycles. The lowest BCUT2D eigenvalue weighted by Crippen LogP contribution is -2.29. The molecule has 2 aromatic carbocycles. The molecule has 0 bridgehead atoms. The van der Waals surface area contributed by atoms with Crippen LogP contribution in [0.5, 0.6) is 5.75 Å². The number of aromatic nitrogens is 1. The van der Waals surface area contributed by atoms with E-state index in [9.17, 15) is 4.79 Å². The van der Waals surface area contributed by atoms with Crippen LogP contribution in [-0.2, 0) is 11.2 Å². The standard InChI is InChI=1S/C22H22N2O2/c1-26-20-8-6-16(7-9-20)12-22(25)24-11-10-19(15-24)21-13-17-4-2-3-5-18(17)14-23-21/h2-9,13-14,19H,10-12,15H2,1H3. The number of nitrogens with zero attached hydrogens (tertiary/aromatic N) is 2. The van der Waals surface area contributed by atoms with Crippen molar-refractivity contribution in [2.24, 2.45) is 0 Å². The third kappa shape index (κ3) is 3.40. The number of pyridine rings is 1. The number of hydrogen-bond acceptors (Lipinski definition) is 3. The molecule has 0 spiro atoms. The summed E-state index contributed by atoms with van der Waals surface area (Å²) in [6.07, 6.45) is 3.34. The minimum Gasteiger partial charge on any atom is -0.497 e. The molecule has 1 aromatic heterocycles. The van der Waals surface area contributed by atoms with Crippen molar-refractivity contribution in [3.63, 3.8) is 0 Å². The van der Waals surface area contributed by atoms with Gasteiger partial charge in [0, 0.05) is 36.3 Å². The van der Waals surface area contributed by atoms with E-state index in [4.69, 9.17) is 4.74 Å². The Kier molecular flexibility index (Phi) is 4.57. The molecular formula is C22H22N2O2. The zero-order chi connectivity index (χ0) is 17.9. The molecule has 1 aliphatic rings. The highest BCUT2D eigenvalue weighted by Crippen LogP contribution is 2.28. The highest BCUT2D eigenvalue weighted by molar-refractivity contribution is 5.82. The second kappa shape index (κ2) is 7.16. The zero-order valence-electron chi connectivity index (χ0n) is 14.9. The van der Waals surface area contributed by atoms with E-state index < -0.39 is 0 Å². The summed E-state index contributed by atoms with van der Waals surface area (Å²) >= 11 is 0. The van der Waals surface area contributed by atoms with Crippen LogP contribution in [0.1, 0.15) is 23.6 Å². The predicted molar refractivity (Wildman–Crippen MR) is 102 cm³/mol. The quantitative estimate of drug-likeness (QED) is 0.721. The summed E-state index contributed by atoms with van der Waals surface area (Å²) in [4.78, 5) is 19.2. The summed E-state index contributed by atoms with van der Waals surface area (Å²) in [7, 11) is 1.64. The van der Waals surface area contributed by atoms with Gasteiger partial charge in [-0.3, -0.25) is 9.78 Å². The SMILES string of the molecule is COc1ccc(CC(=O)N2CCC(c3cc4ccccc4cn3)C2)cc1. The highest BCUT2D eigenvalue weighted by atomic mass is 16.5. The van der Waals surface area contributed by atoms with E-state index in [-0.39, 0.29) is 5.91 Å². The van der Waals surface area contributed by atoms with E-state index in [0.29, 0.717) is 12.3 Å². The number of carbonyl (C=O) groups is 1. The van der Waals surface area contributed by atoms with Crippen molar-refractivity contribution in [1.29, 1.82) is 0 Å². The normalized spacial score (nSPS) is 16.8. The van der Waals surface area contributed by atoms with Gasteiger partial charge in [0.15, 0.2) is 0 Å². The maximum Gasteiger partial charge on any atom is 0.227 e. The third-order valence-corrected chi connectivity index (χ3v) is 5.13. The Labute approximate surface area is 153 Å². The molecule has 1 atom stereocenters. The summed E-state index contributed by atoms with van der Waals surface area (Å²) in [5.74, 6) is 1.31. The molecule has 1 unspecified atom stereocenters. The van der Waals surface area contributed by atoms with Crippen LogP contribution in [0.2, 0.25) is 0 Å². The van der Waals surface area contributed by atoms with E-state index in [0.717, 1.165) is 41.9 Å². The van der Waals surface area contributed by atoms with Crippen LogP contribution in [0.25, 0.3) is 10.8 Å². The predicted octanol–water partition coefficient (Wildman–Crippen LogP) is 3.80. The fourth-order valence-electron chi connectivity index (χ4n) is 3.58. The van der Waals surface area contributed by atoms with Crippen LogP contribution in [0.15, 0.2) is 60.8 Å². The highest BCUT2D eigenvalue weighted by Gasteiger charge is 2.28. The van der Waals surface area contributed by atoms with E-state index in [1.807, 2.05) is 47.5 Å². The maximum absolute atomic E-state index is 12.6. The van der Waals surface area contributed by atoms with Gasteiger partial charge in [-0.2, -0.15) is 0 Å². The van der Waals surface area contributed by atoms with Crippen molar-refractivity contribution in [2.75, 3.05) is 20.2 Å². The first-order valence-corrected chi connectivity index (χ1v) is 8.98. The number of rotatable bonds is 4. The average molecular weight is 346 g/mol. The lowest BCUT2D eigenvalue weighted by molar-refractivity contribution is -0.129. The molecule has 26 heavy (non-hydrogen) atoms. The largest absolute Gasteiger partial charge is 0.497 e. The Hall–Kier alpha value is -2.88. The Morgan fingerprint density at radius 2 is 1.92 bits per heavy atom. The van der Waals surface area contributed by atoms with Gasteiger partial charge < -0.3 is 9.64 Å². The number of fused-ring (bicyclic) bond motifs is 1. The number of hydrogen-bond donors (Lipinski definition) is 0. The molecule has 0 radical (unpaired) electrons. The minimum absolute atomic E-state index is 0.179. The van der Waals surface area contributed by atoms with Crippen molar-refractivity contribution in [2.45, 2.75) is 18.8 Å². The molecule has 4 heteroatoms. The molecule has 0 N–H and O–H groups in total. The number of amides is 1. The molecule has 1 fully saturated rings. The molecular weight excluding hydrogens is 324 g/mol. The second-order valence-electron chi connectivity index (χ2n) is 6.81. The van der Waals surface area contributed by atoms with Crippen molar-refractivity contribution in [3.05, 3.63) is 72.1 Å². The lowest BCUT2D eigenvalue weighted by Gasteiger charge is -2.17. The molecule has 1 amide bonds. The van der Waals surface area contributed by atoms with Crippen molar-refractivity contribution in [3.8, 4) is 5.75 Å². The first-order chi connectivity index (χ1) is 12.7. The molecule has 1 aliphatic heterocycles. The first-order valence-electron chi connectivity index (χ1n) is 8.98. The van der Waals surface area contributed by atoms with Gasteiger partial charge in [-0.05, 0) is 35.6 Å². The second-order valence-corrected chi connectivity index (χ2v) is 6.81. The van der Waals surface area contributed by atoms with Crippen molar-refractivity contribution >= 4 is 16.7 Å². The topological polar surface area (TPSA) is 42.4 Å². The van der Waals surface area contributed by atoms with Crippen LogP contribution in [0.4, 0.5) is 0 Å². The van der Waals surface area contributed by atoms with Gasteiger partial charge in [0.25, 0.3) is 0 Å². The maximum atomic E-state index is 12.6. The summed E-state index contributed by atoms with van der Waals surface area (Å²) < 4.78 is 5.17. The third-order valence-electron chi connectivity index (χ3n) is 5.13. The fourth-order valence-corrected chi connectivity index (χ4v) is 3.58.